The topological polar surface area (TPSA) is 73.6 Å². The number of nitrogens with two attached hydrogens (primary N) is 1. The quantitative estimate of drug-likeness (QED) is 0.766. The number of halogens is 1. The lowest BCUT2D eigenvalue weighted by Gasteiger charge is -2.15. The molecule has 1 atom stereocenters. The molecular formula is C16H27ClN2O3. The molecule has 0 fully saturated rings. The van der Waals surface area contributed by atoms with Gasteiger partial charge in [-0.25, -0.2) is 0 Å². The first-order valence-corrected chi connectivity index (χ1v) is 7.22. The molecule has 1 aromatic carbocycles. The van der Waals surface area contributed by atoms with E-state index in [9.17, 15) is 4.79 Å². The molecule has 0 heterocycles. The minimum atomic E-state index is -0.447. The Morgan fingerprint density at radius 1 is 1.27 bits per heavy atom. The smallest absolute Gasteiger partial charge is 0.236 e. The molecule has 0 saturated heterocycles. The Balaban J connectivity index is 0.00000441. The van der Waals surface area contributed by atoms with E-state index in [4.69, 9.17) is 15.2 Å². The molecule has 1 aromatic rings. The van der Waals surface area contributed by atoms with Gasteiger partial charge < -0.3 is 20.5 Å². The lowest BCUT2D eigenvalue weighted by molar-refractivity contribution is -0.122. The van der Waals surface area contributed by atoms with Crippen LogP contribution >= 0.6 is 12.4 Å². The molecule has 1 rings (SSSR count). The molecule has 0 aliphatic heterocycles. The van der Waals surface area contributed by atoms with Crippen LogP contribution in [0.4, 0.5) is 0 Å². The Kier molecular flexibility index (Phi) is 9.61. The van der Waals surface area contributed by atoms with Crippen molar-refractivity contribution in [2.24, 2.45) is 11.7 Å². The summed E-state index contributed by atoms with van der Waals surface area (Å²) in [5.74, 6) is 1.86. The number of rotatable bonds is 8. The fourth-order valence-corrected chi connectivity index (χ4v) is 2.14. The zero-order valence-electron chi connectivity index (χ0n) is 13.7. The second-order valence-electron chi connectivity index (χ2n) is 5.45. The van der Waals surface area contributed by atoms with Crippen LogP contribution in [0.2, 0.25) is 0 Å². The standard InChI is InChI=1S/C16H26N2O3.ClH/c1-11(2)9-14(17)16(19)18-8-7-12-10-13(20-3)5-6-15(12)21-4;/h5-6,10-11,14H,7-9,17H2,1-4H3,(H,18,19);1H/t14-;/m0./s1. The molecule has 0 spiro atoms. The summed E-state index contributed by atoms with van der Waals surface area (Å²) in [7, 11) is 3.25. The largest absolute Gasteiger partial charge is 0.497 e. The molecule has 0 bridgehead atoms. The number of ether oxygens (including phenoxy) is 2. The molecule has 0 saturated carbocycles. The SMILES string of the molecule is COc1ccc(OC)c(CCNC(=O)[C@@H](N)CC(C)C)c1.Cl. The van der Waals surface area contributed by atoms with Gasteiger partial charge >= 0.3 is 0 Å². The highest BCUT2D eigenvalue weighted by atomic mass is 35.5. The van der Waals surface area contributed by atoms with Crippen molar-refractivity contribution < 1.29 is 14.3 Å². The summed E-state index contributed by atoms with van der Waals surface area (Å²) < 4.78 is 10.5. The van der Waals surface area contributed by atoms with Gasteiger partial charge in [0.05, 0.1) is 20.3 Å². The Morgan fingerprint density at radius 3 is 2.50 bits per heavy atom. The minimum Gasteiger partial charge on any atom is -0.497 e. The Labute approximate surface area is 139 Å². The van der Waals surface area contributed by atoms with E-state index in [0.29, 0.717) is 25.3 Å². The number of carbonyl (C=O) groups is 1. The van der Waals surface area contributed by atoms with E-state index >= 15 is 0 Å². The molecule has 0 aliphatic rings. The molecule has 0 aromatic heterocycles. The maximum Gasteiger partial charge on any atom is 0.236 e. The van der Waals surface area contributed by atoms with Crippen LogP contribution in [-0.2, 0) is 11.2 Å². The third-order valence-corrected chi connectivity index (χ3v) is 3.24. The summed E-state index contributed by atoms with van der Waals surface area (Å²) >= 11 is 0. The molecule has 0 aliphatic carbocycles. The number of benzene rings is 1. The van der Waals surface area contributed by atoms with E-state index in [2.05, 4.69) is 5.32 Å². The molecule has 1 amide bonds. The van der Waals surface area contributed by atoms with Crippen molar-refractivity contribution in [1.82, 2.24) is 5.32 Å². The van der Waals surface area contributed by atoms with E-state index < -0.39 is 6.04 Å². The van der Waals surface area contributed by atoms with Crippen molar-refractivity contribution in [3.05, 3.63) is 23.8 Å². The summed E-state index contributed by atoms with van der Waals surface area (Å²) in [5.41, 5.74) is 6.84. The third-order valence-electron chi connectivity index (χ3n) is 3.24. The third kappa shape index (κ3) is 6.54. The lowest BCUT2D eigenvalue weighted by atomic mass is 10.0. The normalized spacial score (nSPS) is 11.5. The second-order valence-corrected chi connectivity index (χ2v) is 5.45. The number of methoxy groups -OCH3 is 2. The van der Waals surface area contributed by atoms with Crippen molar-refractivity contribution in [3.8, 4) is 11.5 Å². The summed E-state index contributed by atoms with van der Waals surface area (Å²) in [6, 6.07) is 5.18. The van der Waals surface area contributed by atoms with Gasteiger partial charge in [-0.3, -0.25) is 4.79 Å². The molecule has 22 heavy (non-hydrogen) atoms. The van der Waals surface area contributed by atoms with E-state index in [-0.39, 0.29) is 18.3 Å². The first-order valence-electron chi connectivity index (χ1n) is 7.22. The van der Waals surface area contributed by atoms with Gasteiger partial charge in [-0.15, -0.1) is 12.4 Å². The second kappa shape index (κ2) is 10.3. The van der Waals surface area contributed by atoms with Crippen LogP contribution in [0.3, 0.4) is 0 Å². The van der Waals surface area contributed by atoms with Crippen LogP contribution in [-0.4, -0.2) is 32.7 Å². The number of amides is 1. The Morgan fingerprint density at radius 2 is 1.95 bits per heavy atom. The van der Waals surface area contributed by atoms with Crippen molar-refractivity contribution >= 4 is 18.3 Å². The zero-order valence-corrected chi connectivity index (χ0v) is 14.5. The number of carbonyl (C=O) groups excluding carboxylic acids is 1. The predicted octanol–water partition coefficient (Wildman–Crippen LogP) is 2.16. The molecule has 126 valence electrons. The van der Waals surface area contributed by atoms with Gasteiger partial charge in [0.25, 0.3) is 0 Å². The first kappa shape index (κ1) is 20.5. The number of hydrogen-bond acceptors (Lipinski definition) is 4. The van der Waals surface area contributed by atoms with Gasteiger partial charge in [0.1, 0.15) is 11.5 Å². The summed E-state index contributed by atoms with van der Waals surface area (Å²) in [4.78, 5) is 11.9. The van der Waals surface area contributed by atoms with Crippen LogP contribution in [0.15, 0.2) is 18.2 Å². The van der Waals surface area contributed by atoms with Gasteiger partial charge in [0.15, 0.2) is 0 Å². The summed E-state index contributed by atoms with van der Waals surface area (Å²) in [5, 5.41) is 2.86. The van der Waals surface area contributed by atoms with Crippen molar-refractivity contribution in [1.29, 1.82) is 0 Å². The fourth-order valence-electron chi connectivity index (χ4n) is 2.14. The van der Waals surface area contributed by atoms with E-state index in [1.54, 1.807) is 14.2 Å². The molecule has 0 unspecified atom stereocenters. The molecule has 5 nitrogen and oxygen atoms in total. The molecule has 3 N–H and O–H groups in total. The predicted molar refractivity (Wildman–Crippen MR) is 90.9 cm³/mol. The van der Waals surface area contributed by atoms with Gasteiger partial charge in [-0.05, 0) is 42.5 Å². The van der Waals surface area contributed by atoms with Gasteiger partial charge in [0, 0.05) is 6.54 Å². The maximum atomic E-state index is 11.9. The molecular weight excluding hydrogens is 304 g/mol. The summed E-state index contributed by atoms with van der Waals surface area (Å²) in [6.45, 7) is 4.62. The Hall–Kier alpha value is -1.46. The zero-order chi connectivity index (χ0) is 15.8. The van der Waals surface area contributed by atoms with E-state index in [0.717, 1.165) is 17.1 Å². The Bertz CT molecular complexity index is 467. The van der Waals surface area contributed by atoms with Crippen molar-refractivity contribution in [2.75, 3.05) is 20.8 Å². The lowest BCUT2D eigenvalue weighted by Crippen LogP contribution is -2.42. The number of hydrogen-bond donors (Lipinski definition) is 2. The van der Waals surface area contributed by atoms with Crippen LogP contribution in [0.5, 0.6) is 11.5 Å². The van der Waals surface area contributed by atoms with Crippen molar-refractivity contribution in [2.45, 2.75) is 32.7 Å². The maximum absolute atomic E-state index is 11.9. The van der Waals surface area contributed by atoms with Crippen LogP contribution in [0, 0.1) is 5.92 Å². The first-order chi connectivity index (χ1) is 9.97. The summed E-state index contributed by atoms with van der Waals surface area (Å²) in [6.07, 6.45) is 1.36. The average molecular weight is 331 g/mol. The van der Waals surface area contributed by atoms with E-state index in [1.165, 1.54) is 0 Å². The van der Waals surface area contributed by atoms with Crippen LogP contribution in [0.1, 0.15) is 25.8 Å². The average Bonchev–Trinajstić information content (AvgIpc) is 2.46. The van der Waals surface area contributed by atoms with Crippen LogP contribution < -0.4 is 20.5 Å². The highest BCUT2D eigenvalue weighted by molar-refractivity contribution is 5.85. The van der Waals surface area contributed by atoms with Crippen LogP contribution in [0.25, 0.3) is 0 Å². The van der Waals surface area contributed by atoms with Gasteiger partial charge in [-0.2, -0.15) is 0 Å². The highest BCUT2D eigenvalue weighted by Crippen LogP contribution is 2.24. The van der Waals surface area contributed by atoms with Crippen molar-refractivity contribution in [3.63, 3.8) is 0 Å². The fraction of sp³-hybridized carbons (Fsp3) is 0.562. The monoisotopic (exact) mass is 330 g/mol. The van der Waals surface area contributed by atoms with E-state index in [1.807, 2.05) is 32.0 Å². The number of nitrogens with one attached hydrogen (secondary N) is 1. The van der Waals surface area contributed by atoms with Gasteiger partial charge in [-0.1, -0.05) is 13.8 Å². The highest BCUT2D eigenvalue weighted by Gasteiger charge is 2.14. The van der Waals surface area contributed by atoms with Gasteiger partial charge in [0.2, 0.25) is 5.91 Å². The molecule has 6 heteroatoms. The molecule has 0 radical (unpaired) electrons. The minimum absolute atomic E-state index is 0.